The van der Waals surface area contributed by atoms with E-state index in [4.69, 9.17) is 4.52 Å². The maximum atomic E-state index is 5.45. The highest BCUT2D eigenvalue weighted by Crippen LogP contribution is 2.34. The number of benzene rings is 1. The molecule has 0 bridgehead atoms. The van der Waals surface area contributed by atoms with E-state index in [1.54, 1.807) is 11.3 Å². The van der Waals surface area contributed by atoms with Gasteiger partial charge in [0.15, 0.2) is 0 Å². The molecule has 3 aromatic rings. The van der Waals surface area contributed by atoms with Gasteiger partial charge in [-0.1, -0.05) is 41.6 Å². The Morgan fingerprint density at radius 2 is 2.00 bits per heavy atom. The lowest BCUT2D eigenvalue weighted by molar-refractivity contribution is 0.0835. The summed E-state index contributed by atoms with van der Waals surface area (Å²) in [7, 11) is 0. The fourth-order valence-corrected chi connectivity index (χ4v) is 3.48. The van der Waals surface area contributed by atoms with Gasteiger partial charge < -0.3 is 4.52 Å². The Hall–Kier alpha value is -1.98. The minimum atomic E-state index is 0.354. The van der Waals surface area contributed by atoms with E-state index in [1.807, 2.05) is 17.5 Å². The van der Waals surface area contributed by atoms with Gasteiger partial charge in [0, 0.05) is 19.1 Å². The Morgan fingerprint density at radius 1 is 1.18 bits per heavy atom. The van der Waals surface area contributed by atoms with Crippen LogP contribution in [-0.4, -0.2) is 28.1 Å². The summed E-state index contributed by atoms with van der Waals surface area (Å²) in [4.78, 5) is 8.05. The first-order chi connectivity index (χ1) is 10.8. The van der Waals surface area contributed by atoms with Gasteiger partial charge in [0.05, 0.1) is 10.8 Å². The number of hydrogen-bond acceptors (Lipinski definition) is 5. The van der Waals surface area contributed by atoms with Crippen LogP contribution in [0.3, 0.4) is 0 Å². The van der Waals surface area contributed by atoms with Crippen LogP contribution in [0.25, 0.3) is 10.7 Å². The van der Waals surface area contributed by atoms with Crippen molar-refractivity contribution in [3.8, 4) is 10.7 Å². The number of likely N-dealkylation sites (tertiary alicyclic amines) is 1. The maximum Gasteiger partial charge on any atom is 0.232 e. The Morgan fingerprint density at radius 3 is 2.73 bits per heavy atom. The molecule has 1 saturated heterocycles. The molecule has 22 heavy (non-hydrogen) atoms. The average Bonchev–Trinajstić information content (AvgIpc) is 3.17. The summed E-state index contributed by atoms with van der Waals surface area (Å²) in [5.41, 5.74) is 1.35. The molecule has 0 saturated carbocycles. The molecule has 0 N–H and O–H groups in total. The summed E-state index contributed by atoms with van der Waals surface area (Å²) < 4.78 is 5.45. The fraction of sp³-hybridized carbons (Fsp3) is 0.294. The molecule has 1 atom stereocenters. The van der Waals surface area contributed by atoms with Crippen molar-refractivity contribution in [2.45, 2.75) is 18.9 Å². The van der Waals surface area contributed by atoms with Gasteiger partial charge >= 0.3 is 0 Å². The van der Waals surface area contributed by atoms with Crippen molar-refractivity contribution >= 4 is 11.3 Å². The average molecular weight is 311 g/mol. The van der Waals surface area contributed by atoms with E-state index in [2.05, 4.69) is 52.3 Å². The zero-order valence-electron chi connectivity index (χ0n) is 12.3. The largest absolute Gasteiger partial charge is 0.339 e. The molecule has 0 unspecified atom stereocenters. The zero-order chi connectivity index (χ0) is 14.9. The van der Waals surface area contributed by atoms with Gasteiger partial charge in [-0.3, -0.25) is 4.90 Å². The normalized spacial score (nSPS) is 17.3. The van der Waals surface area contributed by atoms with E-state index in [0.717, 1.165) is 23.9 Å². The van der Waals surface area contributed by atoms with E-state index < -0.39 is 0 Å². The monoisotopic (exact) mass is 311 g/mol. The molecule has 0 aliphatic carbocycles. The molecule has 0 amide bonds. The van der Waals surface area contributed by atoms with Gasteiger partial charge in [0.25, 0.3) is 0 Å². The Balaban J connectivity index is 1.41. The maximum absolute atomic E-state index is 5.45. The molecule has 1 fully saturated rings. The predicted molar refractivity (Wildman–Crippen MR) is 86.8 cm³/mol. The second kappa shape index (κ2) is 5.66. The van der Waals surface area contributed by atoms with Crippen molar-refractivity contribution in [1.29, 1.82) is 0 Å². The van der Waals surface area contributed by atoms with Gasteiger partial charge in [-0.2, -0.15) is 4.98 Å². The Kier molecular flexibility index (Phi) is 3.52. The molecular weight excluding hydrogens is 294 g/mol. The molecule has 0 spiro atoms. The SMILES string of the molecule is C[C@H](c1ccccc1)N1CC(c2nc(-c3cccs3)no2)C1. The van der Waals surface area contributed by atoms with Crippen molar-refractivity contribution in [2.24, 2.45) is 0 Å². The zero-order valence-corrected chi connectivity index (χ0v) is 13.2. The lowest BCUT2D eigenvalue weighted by Gasteiger charge is -2.41. The molecule has 1 aromatic carbocycles. The molecule has 2 aromatic heterocycles. The Bertz CT molecular complexity index is 732. The van der Waals surface area contributed by atoms with Crippen molar-refractivity contribution in [1.82, 2.24) is 15.0 Å². The highest BCUT2D eigenvalue weighted by Gasteiger charge is 2.35. The third-order valence-electron chi connectivity index (χ3n) is 4.27. The third-order valence-corrected chi connectivity index (χ3v) is 5.14. The van der Waals surface area contributed by atoms with Crippen molar-refractivity contribution in [2.75, 3.05) is 13.1 Å². The van der Waals surface area contributed by atoms with E-state index in [-0.39, 0.29) is 0 Å². The van der Waals surface area contributed by atoms with Gasteiger partial charge in [0.2, 0.25) is 11.7 Å². The molecule has 112 valence electrons. The summed E-state index contributed by atoms with van der Waals surface area (Å²) >= 11 is 1.63. The first-order valence-electron chi connectivity index (χ1n) is 7.48. The standard InChI is InChI=1S/C17H17N3OS/c1-12(13-6-3-2-4-7-13)20-10-14(11-20)17-18-16(19-21-17)15-8-5-9-22-15/h2-9,12,14H,10-11H2,1H3/t12-/m1/s1. The smallest absolute Gasteiger partial charge is 0.232 e. The molecule has 1 aliphatic heterocycles. The first-order valence-corrected chi connectivity index (χ1v) is 8.35. The van der Waals surface area contributed by atoms with Gasteiger partial charge in [-0.05, 0) is 23.9 Å². The second-order valence-corrected chi connectivity index (χ2v) is 6.62. The predicted octanol–water partition coefficient (Wildman–Crippen LogP) is 3.96. The van der Waals surface area contributed by atoms with Gasteiger partial charge in [0.1, 0.15) is 0 Å². The summed E-state index contributed by atoms with van der Waals surface area (Å²) in [5, 5.41) is 6.12. The van der Waals surface area contributed by atoms with E-state index in [9.17, 15) is 0 Å². The number of aromatic nitrogens is 2. The second-order valence-electron chi connectivity index (χ2n) is 5.67. The minimum Gasteiger partial charge on any atom is -0.339 e. The van der Waals surface area contributed by atoms with Crippen molar-refractivity contribution in [3.05, 3.63) is 59.3 Å². The van der Waals surface area contributed by atoms with Crippen LogP contribution in [0.1, 0.15) is 30.3 Å². The third kappa shape index (κ3) is 2.46. The van der Waals surface area contributed by atoms with Crippen LogP contribution in [0.4, 0.5) is 0 Å². The molecule has 4 rings (SSSR count). The summed E-state index contributed by atoms with van der Waals surface area (Å²) in [6, 6.07) is 15.0. The fourth-order valence-electron chi connectivity index (χ4n) is 2.83. The number of hydrogen-bond donors (Lipinski definition) is 0. The van der Waals surface area contributed by atoms with Crippen LogP contribution in [0.15, 0.2) is 52.4 Å². The molecular formula is C17H17N3OS. The first kappa shape index (κ1) is 13.7. The molecule has 1 aliphatic rings. The number of thiophene rings is 1. The van der Waals surface area contributed by atoms with Crippen molar-refractivity contribution in [3.63, 3.8) is 0 Å². The van der Waals surface area contributed by atoms with Crippen LogP contribution in [0.2, 0.25) is 0 Å². The molecule has 4 nitrogen and oxygen atoms in total. The molecule has 5 heteroatoms. The Labute approximate surface area is 133 Å². The van der Waals surface area contributed by atoms with E-state index >= 15 is 0 Å². The van der Waals surface area contributed by atoms with Gasteiger partial charge in [-0.15, -0.1) is 11.3 Å². The number of rotatable bonds is 4. The molecule has 0 radical (unpaired) electrons. The lowest BCUT2D eigenvalue weighted by Crippen LogP contribution is -2.46. The van der Waals surface area contributed by atoms with E-state index in [1.165, 1.54) is 5.56 Å². The van der Waals surface area contributed by atoms with Crippen LogP contribution >= 0.6 is 11.3 Å². The number of nitrogens with zero attached hydrogens (tertiary/aromatic N) is 3. The summed E-state index contributed by atoms with van der Waals surface area (Å²) in [6.07, 6.45) is 0. The quantitative estimate of drug-likeness (QED) is 0.731. The van der Waals surface area contributed by atoms with Crippen LogP contribution in [-0.2, 0) is 0 Å². The lowest BCUT2D eigenvalue weighted by atomic mass is 9.95. The van der Waals surface area contributed by atoms with Crippen LogP contribution < -0.4 is 0 Å². The highest BCUT2D eigenvalue weighted by atomic mass is 32.1. The summed E-state index contributed by atoms with van der Waals surface area (Å²) in [6.45, 7) is 4.20. The van der Waals surface area contributed by atoms with Crippen molar-refractivity contribution < 1.29 is 4.52 Å². The van der Waals surface area contributed by atoms with E-state index in [0.29, 0.717) is 17.8 Å². The highest BCUT2D eigenvalue weighted by molar-refractivity contribution is 7.13. The minimum absolute atomic E-state index is 0.354. The van der Waals surface area contributed by atoms with Gasteiger partial charge in [-0.25, -0.2) is 0 Å². The summed E-state index contributed by atoms with van der Waals surface area (Å²) in [5.74, 6) is 1.83. The topological polar surface area (TPSA) is 42.2 Å². The van der Waals surface area contributed by atoms with Crippen LogP contribution in [0.5, 0.6) is 0 Å². The van der Waals surface area contributed by atoms with Crippen LogP contribution in [0, 0.1) is 0 Å². The molecule has 3 heterocycles.